The van der Waals surface area contributed by atoms with Crippen LogP contribution in [0.25, 0.3) is 0 Å². The van der Waals surface area contributed by atoms with Gasteiger partial charge in [0.25, 0.3) is 10.1 Å². The predicted octanol–water partition coefficient (Wildman–Crippen LogP) is 3.02. The largest absolute Gasteiger partial charge is 0.379 e. The van der Waals surface area contributed by atoms with Crippen LogP contribution in [0.1, 0.15) is 37.7 Å². The molecule has 5 nitrogen and oxygen atoms in total. The van der Waals surface area contributed by atoms with Gasteiger partial charge in [-0.3, -0.25) is 9.96 Å². The molecule has 1 aromatic rings. The molecule has 0 spiro atoms. The van der Waals surface area contributed by atoms with E-state index in [9.17, 15) is 8.42 Å². The highest BCUT2D eigenvalue weighted by Crippen LogP contribution is 2.22. The highest BCUT2D eigenvalue weighted by molar-refractivity contribution is 8.13. The minimum Gasteiger partial charge on any atom is -0.379 e. The third-order valence-corrected chi connectivity index (χ3v) is 5.31. The average molecular weight is 330 g/mol. The van der Waals surface area contributed by atoms with Gasteiger partial charge < -0.3 is 5.73 Å². The molecule has 21 heavy (non-hydrogen) atoms. The second-order valence-corrected chi connectivity index (χ2v) is 7.63. The molecule has 7 heteroatoms. The Morgan fingerprint density at radius 3 is 2.24 bits per heavy atom. The van der Waals surface area contributed by atoms with Gasteiger partial charge in [-0.05, 0) is 18.4 Å². The predicted molar refractivity (Wildman–Crippen MR) is 88.1 cm³/mol. The van der Waals surface area contributed by atoms with E-state index in [0.717, 1.165) is 25.0 Å². The van der Waals surface area contributed by atoms with Crippen molar-refractivity contribution in [3.8, 4) is 0 Å². The summed E-state index contributed by atoms with van der Waals surface area (Å²) in [6, 6.07) is 9.99. The second-order valence-electron chi connectivity index (χ2n) is 4.91. The van der Waals surface area contributed by atoms with Crippen molar-refractivity contribution in [2.75, 3.05) is 0 Å². The molecule has 0 bridgehead atoms. The van der Waals surface area contributed by atoms with E-state index in [-0.39, 0.29) is 5.17 Å². The molecule has 0 atom stereocenters. The van der Waals surface area contributed by atoms with Gasteiger partial charge in [0.05, 0.1) is 5.25 Å². The van der Waals surface area contributed by atoms with Gasteiger partial charge in [0.15, 0.2) is 5.17 Å². The lowest BCUT2D eigenvalue weighted by atomic mass is 10.0. The smallest absolute Gasteiger partial charge is 0.267 e. The summed E-state index contributed by atoms with van der Waals surface area (Å²) in [4.78, 5) is 0. The molecule has 0 amide bonds. The molecule has 0 saturated heterocycles. The maximum Gasteiger partial charge on any atom is 0.267 e. The van der Waals surface area contributed by atoms with Gasteiger partial charge in [-0.1, -0.05) is 61.4 Å². The number of rotatable bonds is 3. The first kappa shape index (κ1) is 18.0. The number of benzene rings is 1. The molecule has 2 rings (SSSR count). The lowest BCUT2D eigenvalue weighted by Crippen LogP contribution is -2.22. The van der Waals surface area contributed by atoms with Crippen LogP contribution in [0.3, 0.4) is 0 Å². The van der Waals surface area contributed by atoms with Gasteiger partial charge in [-0.25, -0.2) is 0 Å². The Kier molecular flexibility index (Phi) is 7.77. The number of hydrogen-bond donors (Lipinski definition) is 3. The van der Waals surface area contributed by atoms with E-state index in [1.807, 2.05) is 30.3 Å². The van der Waals surface area contributed by atoms with E-state index in [1.54, 1.807) is 0 Å². The summed E-state index contributed by atoms with van der Waals surface area (Å²) in [5, 5.41) is 6.69. The van der Waals surface area contributed by atoms with Crippen molar-refractivity contribution in [3.05, 3.63) is 35.9 Å². The Balaban J connectivity index is 0.000000211. The van der Waals surface area contributed by atoms with E-state index in [2.05, 4.69) is 0 Å². The topological polar surface area (TPSA) is 104 Å². The van der Waals surface area contributed by atoms with E-state index >= 15 is 0 Å². The van der Waals surface area contributed by atoms with Crippen molar-refractivity contribution in [2.45, 2.75) is 43.1 Å². The van der Waals surface area contributed by atoms with Crippen LogP contribution in [0.4, 0.5) is 0 Å². The third kappa shape index (κ3) is 8.08. The van der Waals surface area contributed by atoms with E-state index in [0.29, 0.717) is 12.8 Å². The van der Waals surface area contributed by atoms with Gasteiger partial charge in [0, 0.05) is 5.75 Å². The first-order chi connectivity index (χ1) is 9.89. The highest BCUT2D eigenvalue weighted by atomic mass is 32.2. The molecule has 118 valence electrons. The van der Waals surface area contributed by atoms with Crippen LogP contribution in [0.15, 0.2) is 30.3 Å². The fraction of sp³-hybridized carbons (Fsp3) is 0.500. The lowest BCUT2D eigenvalue weighted by molar-refractivity contribution is 0.425. The van der Waals surface area contributed by atoms with Crippen molar-refractivity contribution in [1.29, 1.82) is 5.41 Å². The first-order valence-electron chi connectivity index (χ1n) is 6.86. The summed E-state index contributed by atoms with van der Waals surface area (Å²) >= 11 is 1.35. The normalized spacial score (nSPS) is 15.9. The molecular formula is C14H22N2O3S2. The van der Waals surface area contributed by atoms with Crippen molar-refractivity contribution in [1.82, 2.24) is 0 Å². The Morgan fingerprint density at radius 1 is 1.24 bits per heavy atom. The number of amidine groups is 1. The maximum atomic E-state index is 10.5. The van der Waals surface area contributed by atoms with Crippen LogP contribution >= 0.6 is 11.8 Å². The number of thioether (sulfide) groups is 1. The van der Waals surface area contributed by atoms with Crippen LogP contribution in [0.2, 0.25) is 0 Å². The number of nitrogens with two attached hydrogens (primary N) is 1. The fourth-order valence-corrected chi connectivity index (χ4v) is 3.54. The van der Waals surface area contributed by atoms with Gasteiger partial charge in [0.2, 0.25) is 0 Å². The van der Waals surface area contributed by atoms with Crippen molar-refractivity contribution >= 4 is 27.0 Å². The number of nitrogens with one attached hydrogen (secondary N) is 1. The zero-order valence-electron chi connectivity index (χ0n) is 11.9. The molecule has 1 aliphatic rings. The minimum atomic E-state index is -3.73. The SMILES string of the molecule is N=C(N)SCc1ccccc1.O=S(=O)(O)C1CCCCC1. The zero-order valence-corrected chi connectivity index (χ0v) is 13.5. The molecule has 1 aromatic carbocycles. The van der Waals surface area contributed by atoms with E-state index < -0.39 is 15.4 Å². The van der Waals surface area contributed by atoms with Crippen LogP contribution in [-0.4, -0.2) is 23.4 Å². The second kappa shape index (κ2) is 9.07. The van der Waals surface area contributed by atoms with Crippen LogP contribution in [-0.2, 0) is 15.9 Å². The maximum absolute atomic E-state index is 10.5. The Morgan fingerprint density at radius 2 is 1.81 bits per heavy atom. The average Bonchev–Trinajstić information content (AvgIpc) is 2.47. The molecular weight excluding hydrogens is 308 g/mol. The van der Waals surface area contributed by atoms with Crippen molar-refractivity contribution in [2.24, 2.45) is 5.73 Å². The number of hydrogen-bond acceptors (Lipinski definition) is 4. The zero-order chi connectivity index (χ0) is 15.7. The fourth-order valence-electron chi connectivity index (χ4n) is 2.10. The molecule has 0 aromatic heterocycles. The van der Waals surface area contributed by atoms with Gasteiger partial charge in [-0.2, -0.15) is 8.42 Å². The van der Waals surface area contributed by atoms with Crippen molar-refractivity contribution in [3.63, 3.8) is 0 Å². The lowest BCUT2D eigenvalue weighted by Gasteiger charge is -2.17. The molecule has 1 saturated carbocycles. The quantitative estimate of drug-likeness (QED) is 0.449. The van der Waals surface area contributed by atoms with Gasteiger partial charge >= 0.3 is 0 Å². The Hall–Kier alpha value is -1.05. The van der Waals surface area contributed by atoms with Crippen LogP contribution in [0.5, 0.6) is 0 Å². The molecule has 0 heterocycles. The summed E-state index contributed by atoms with van der Waals surface area (Å²) < 4.78 is 29.7. The monoisotopic (exact) mass is 330 g/mol. The van der Waals surface area contributed by atoms with Gasteiger partial charge in [0.1, 0.15) is 0 Å². The third-order valence-electron chi connectivity index (χ3n) is 3.21. The molecule has 0 unspecified atom stereocenters. The molecule has 1 aliphatic carbocycles. The standard InChI is InChI=1S/C8H10N2S.C6H12O3S/c9-8(10)11-6-7-4-2-1-3-5-7;7-10(8,9)6-4-2-1-3-5-6/h1-5H,6H2,(H3,9,10);6H,1-5H2,(H,7,8,9). The first-order valence-corrected chi connectivity index (χ1v) is 9.35. The molecule has 4 N–H and O–H groups in total. The van der Waals surface area contributed by atoms with Crippen LogP contribution < -0.4 is 5.73 Å². The summed E-state index contributed by atoms with van der Waals surface area (Å²) in [5.41, 5.74) is 6.39. The highest BCUT2D eigenvalue weighted by Gasteiger charge is 2.24. The minimum absolute atomic E-state index is 0.175. The summed E-state index contributed by atoms with van der Waals surface area (Å²) in [6.45, 7) is 0. The van der Waals surface area contributed by atoms with Gasteiger partial charge in [-0.15, -0.1) is 0 Å². The summed E-state index contributed by atoms with van der Waals surface area (Å²) in [6.07, 6.45) is 4.25. The Labute approximate surface area is 130 Å². The Bertz CT molecular complexity index is 526. The van der Waals surface area contributed by atoms with Crippen molar-refractivity contribution < 1.29 is 13.0 Å². The summed E-state index contributed by atoms with van der Waals surface area (Å²) in [5.74, 6) is 0.788. The van der Waals surface area contributed by atoms with Crippen LogP contribution in [0, 0.1) is 5.41 Å². The molecule has 1 fully saturated rings. The summed E-state index contributed by atoms with van der Waals surface area (Å²) in [7, 11) is -3.73. The van der Waals surface area contributed by atoms with E-state index in [1.165, 1.54) is 17.3 Å². The molecule has 0 radical (unpaired) electrons. The molecule has 0 aliphatic heterocycles. The van der Waals surface area contributed by atoms with E-state index in [4.69, 9.17) is 15.7 Å².